The van der Waals surface area contributed by atoms with Crippen molar-refractivity contribution in [3.63, 3.8) is 0 Å². The van der Waals surface area contributed by atoms with E-state index >= 15 is 0 Å². The highest BCUT2D eigenvalue weighted by Crippen LogP contribution is 2.33. The van der Waals surface area contributed by atoms with Crippen LogP contribution in [-0.4, -0.2) is 16.8 Å². The molecule has 0 unspecified atom stereocenters. The molecule has 3 rings (SSSR count). The highest BCUT2D eigenvalue weighted by Gasteiger charge is 2.19. The maximum atomic E-state index is 12.5. The maximum absolute atomic E-state index is 12.5. The summed E-state index contributed by atoms with van der Waals surface area (Å²) in [5, 5.41) is 3.43. The number of aryl methyl sites for hydroxylation is 1. The van der Waals surface area contributed by atoms with Crippen molar-refractivity contribution in [3.8, 4) is 0 Å². The maximum Gasteiger partial charge on any atom is 0.267 e. The molecule has 0 saturated heterocycles. The van der Waals surface area contributed by atoms with Crippen LogP contribution >= 0.6 is 11.3 Å². The third-order valence-corrected chi connectivity index (χ3v) is 4.49. The quantitative estimate of drug-likeness (QED) is 0.686. The molecule has 0 radical (unpaired) electrons. The Kier molecular flexibility index (Phi) is 3.71. The summed E-state index contributed by atoms with van der Waals surface area (Å²) < 4.78 is 0. The number of fused-ring (bicyclic) bond motifs is 1. The summed E-state index contributed by atoms with van der Waals surface area (Å²) in [5.41, 5.74) is 13.2. The first-order chi connectivity index (χ1) is 11.0. The van der Waals surface area contributed by atoms with Gasteiger partial charge in [-0.1, -0.05) is 12.1 Å². The largest absolute Gasteiger partial charge is 0.397 e. The molecule has 0 fully saturated rings. The van der Waals surface area contributed by atoms with Gasteiger partial charge in [0.2, 0.25) is 0 Å². The minimum atomic E-state index is -0.609. The molecular weight excluding hydrogens is 312 g/mol. The Morgan fingerprint density at radius 3 is 2.65 bits per heavy atom. The van der Waals surface area contributed by atoms with Crippen LogP contribution in [0.2, 0.25) is 0 Å². The SMILES string of the molecule is Cc1ccc2c(N)c(C(=O)Nc3ccccc3C(N)=O)sc2n1. The average Bonchev–Trinajstić information content (AvgIpc) is 2.84. The molecule has 0 spiro atoms. The standard InChI is InChI=1S/C16H14N4O2S/c1-8-6-7-10-12(17)13(23-16(10)19-8)15(22)20-11-5-3-2-4-9(11)14(18)21/h2-7H,17H2,1H3,(H2,18,21)(H,20,22). The lowest BCUT2D eigenvalue weighted by Gasteiger charge is -2.08. The lowest BCUT2D eigenvalue weighted by Crippen LogP contribution is -2.18. The third kappa shape index (κ3) is 2.74. The number of carbonyl (C=O) groups is 2. The minimum absolute atomic E-state index is 0.245. The van der Waals surface area contributed by atoms with Crippen molar-refractivity contribution in [1.29, 1.82) is 0 Å². The molecule has 5 N–H and O–H groups in total. The summed E-state index contributed by atoms with van der Waals surface area (Å²) in [7, 11) is 0. The van der Waals surface area contributed by atoms with Gasteiger partial charge in [-0.15, -0.1) is 11.3 Å². The number of carbonyl (C=O) groups excluding carboxylic acids is 2. The van der Waals surface area contributed by atoms with Crippen LogP contribution in [0.4, 0.5) is 11.4 Å². The lowest BCUT2D eigenvalue weighted by molar-refractivity contribution is 0.100. The molecule has 0 aliphatic carbocycles. The van der Waals surface area contributed by atoms with Crippen molar-refractivity contribution in [3.05, 3.63) is 52.5 Å². The molecule has 23 heavy (non-hydrogen) atoms. The number of nitrogens with two attached hydrogens (primary N) is 2. The first-order valence-electron chi connectivity index (χ1n) is 6.83. The van der Waals surface area contributed by atoms with Gasteiger partial charge in [-0.05, 0) is 31.2 Å². The summed E-state index contributed by atoms with van der Waals surface area (Å²) in [5.74, 6) is -1.00. The summed E-state index contributed by atoms with van der Waals surface area (Å²) in [4.78, 5) is 29.4. The van der Waals surface area contributed by atoms with Crippen molar-refractivity contribution in [2.75, 3.05) is 11.1 Å². The van der Waals surface area contributed by atoms with Crippen LogP contribution in [0.25, 0.3) is 10.2 Å². The number of nitrogen functional groups attached to an aromatic ring is 1. The van der Waals surface area contributed by atoms with Gasteiger partial charge in [0.25, 0.3) is 11.8 Å². The molecule has 0 bridgehead atoms. The van der Waals surface area contributed by atoms with Crippen LogP contribution in [-0.2, 0) is 0 Å². The van der Waals surface area contributed by atoms with Gasteiger partial charge in [-0.3, -0.25) is 9.59 Å². The van der Waals surface area contributed by atoms with Crippen LogP contribution in [0, 0.1) is 6.92 Å². The van der Waals surface area contributed by atoms with Gasteiger partial charge in [0.1, 0.15) is 9.71 Å². The average molecular weight is 326 g/mol. The number of aromatic nitrogens is 1. The van der Waals surface area contributed by atoms with Gasteiger partial charge < -0.3 is 16.8 Å². The highest BCUT2D eigenvalue weighted by atomic mass is 32.1. The third-order valence-electron chi connectivity index (χ3n) is 3.38. The van der Waals surface area contributed by atoms with Crippen molar-refractivity contribution < 1.29 is 9.59 Å². The second-order valence-corrected chi connectivity index (χ2v) is 6.01. The van der Waals surface area contributed by atoms with Crippen LogP contribution in [0.5, 0.6) is 0 Å². The molecule has 0 aliphatic rings. The minimum Gasteiger partial charge on any atom is -0.397 e. The van der Waals surface area contributed by atoms with Gasteiger partial charge >= 0.3 is 0 Å². The molecular formula is C16H14N4O2S. The number of anilines is 2. The second kappa shape index (κ2) is 5.69. The Morgan fingerprint density at radius 2 is 1.91 bits per heavy atom. The van der Waals surface area contributed by atoms with E-state index in [-0.39, 0.29) is 5.56 Å². The number of thiophene rings is 1. The fourth-order valence-electron chi connectivity index (χ4n) is 2.24. The molecule has 2 heterocycles. The van der Waals surface area contributed by atoms with Crippen molar-refractivity contribution in [1.82, 2.24) is 4.98 Å². The number of hydrogen-bond acceptors (Lipinski definition) is 5. The van der Waals surface area contributed by atoms with Gasteiger partial charge in [-0.25, -0.2) is 4.98 Å². The zero-order valence-electron chi connectivity index (χ0n) is 12.3. The topological polar surface area (TPSA) is 111 Å². The fraction of sp³-hybridized carbons (Fsp3) is 0.0625. The number of amides is 2. The van der Waals surface area contributed by atoms with Gasteiger partial charge in [0.05, 0.1) is 16.9 Å². The van der Waals surface area contributed by atoms with E-state index in [4.69, 9.17) is 11.5 Å². The number of hydrogen-bond donors (Lipinski definition) is 3. The molecule has 0 atom stereocenters. The number of nitrogens with zero attached hydrogens (tertiary/aromatic N) is 1. The smallest absolute Gasteiger partial charge is 0.267 e. The van der Waals surface area contributed by atoms with Crippen molar-refractivity contribution in [2.45, 2.75) is 6.92 Å². The Balaban J connectivity index is 1.99. The molecule has 2 amide bonds. The Labute approximate surface area is 136 Å². The Bertz CT molecular complexity index is 933. The molecule has 0 saturated carbocycles. The normalized spacial score (nSPS) is 10.7. The molecule has 2 aromatic heterocycles. The first-order valence-corrected chi connectivity index (χ1v) is 7.65. The lowest BCUT2D eigenvalue weighted by atomic mass is 10.1. The number of benzene rings is 1. The zero-order valence-corrected chi connectivity index (χ0v) is 13.1. The van der Waals surface area contributed by atoms with Gasteiger partial charge in [-0.2, -0.15) is 0 Å². The number of para-hydroxylation sites is 1. The fourth-order valence-corrected chi connectivity index (χ4v) is 3.28. The Hall–Kier alpha value is -2.93. The molecule has 1 aromatic carbocycles. The molecule has 3 aromatic rings. The summed E-state index contributed by atoms with van der Waals surface area (Å²) in [6.07, 6.45) is 0. The van der Waals surface area contributed by atoms with E-state index in [1.807, 2.05) is 19.1 Å². The molecule has 7 heteroatoms. The van der Waals surface area contributed by atoms with E-state index in [1.54, 1.807) is 24.3 Å². The van der Waals surface area contributed by atoms with Crippen LogP contribution in [0.15, 0.2) is 36.4 Å². The highest BCUT2D eigenvalue weighted by molar-refractivity contribution is 7.21. The van der Waals surface area contributed by atoms with E-state index in [1.165, 1.54) is 11.3 Å². The summed E-state index contributed by atoms with van der Waals surface area (Å²) in [6.45, 7) is 1.87. The predicted octanol–water partition coefficient (Wildman–Crippen LogP) is 2.54. The van der Waals surface area contributed by atoms with Crippen LogP contribution < -0.4 is 16.8 Å². The number of pyridine rings is 1. The predicted molar refractivity (Wildman–Crippen MR) is 91.7 cm³/mol. The second-order valence-electron chi connectivity index (χ2n) is 5.01. The number of nitrogens with one attached hydrogen (secondary N) is 1. The van der Waals surface area contributed by atoms with Crippen molar-refractivity contribution in [2.24, 2.45) is 5.73 Å². The van der Waals surface area contributed by atoms with Crippen LogP contribution in [0.1, 0.15) is 25.7 Å². The van der Waals surface area contributed by atoms with Crippen molar-refractivity contribution >= 4 is 44.7 Å². The van der Waals surface area contributed by atoms with E-state index in [0.29, 0.717) is 21.1 Å². The molecule has 116 valence electrons. The Morgan fingerprint density at radius 1 is 1.17 bits per heavy atom. The van der Waals surface area contributed by atoms with E-state index < -0.39 is 11.8 Å². The molecule has 6 nitrogen and oxygen atoms in total. The summed E-state index contributed by atoms with van der Waals surface area (Å²) in [6, 6.07) is 10.2. The van der Waals surface area contributed by atoms with Gasteiger partial charge in [0.15, 0.2) is 0 Å². The number of primary amides is 1. The van der Waals surface area contributed by atoms with E-state index in [9.17, 15) is 9.59 Å². The van der Waals surface area contributed by atoms with Crippen LogP contribution in [0.3, 0.4) is 0 Å². The number of rotatable bonds is 3. The van der Waals surface area contributed by atoms with Gasteiger partial charge in [0, 0.05) is 11.1 Å². The zero-order chi connectivity index (χ0) is 16.6. The monoisotopic (exact) mass is 326 g/mol. The van der Waals surface area contributed by atoms with E-state index in [0.717, 1.165) is 11.1 Å². The summed E-state index contributed by atoms with van der Waals surface area (Å²) >= 11 is 1.22. The first kappa shape index (κ1) is 15.0. The van der Waals surface area contributed by atoms with E-state index in [2.05, 4.69) is 10.3 Å². The molecule has 0 aliphatic heterocycles.